The van der Waals surface area contributed by atoms with Crippen LogP contribution in [-0.4, -0.2) is 17.2 Å². The van der Waals surface area contributed by atoms with Crippen molar-refractivity contribution in [2.45, 2.75) is 119 Å². The van der Waals surface area contributed by atoms with Crippen LogP contribution in [0.2, 0.25) is 0 Å². The van der Waals surface area contributed by atoms with Gasteiger partial charge in [0.25, 0.3) is 0 Å². The smallest absolute Gasteiger partial charge is 0.313 e. The number of esters is 1. The van der Waals surface area contributed by atoms with E-state index in [4.69, 9.17) is 4.74 Å². The molecule has 0 aliphatic heterocycles. The third-order valence-corrected chi connectivity index (χ3v) is 14.3. The van der Waals surface area contributed by atoms with E-state index >= 15 is 0 Å². The number of carbonyl (C=O) groups is 1. The van der Waals surface area contributed by atoms with Crippen LogP contribution in [0.3, 0.4) is 0 Å². The summed E-state index contributed by atoms with van der Waals surface area (Å²) in [5, 5.41) is 11.1. The Balaban J connectivity index is 1.38. The van der Waals surface area contributed by atoms with Crippen molar-refractivity contribution < 1.29 is 14.6 Å². The molecule has 4 saturated carbocycles. The highest BCUT2D eigenvalue weighted by Gasteiger charge is 2.69. The third kappa shape index (κ3) is 3.88. The lowest BCUT2D eigenvalue weighted by atomic mass is 9.33. The highest BCUT2D eigenvalue weighted by Crippen LogP contribution is 2.75. The summed E-state index contributed by atoms with van der Waals surface area (Å²) in [6, 6.07) is 10.2. The van der Waals surface area contributed by atoms with E-state index in [1.807, 2.05) is 18.2 Å². The minimum absolute atomic E-state index is 0.0446. The maximum Gasteiger partial charge on any atom is 0.313 e. The number of rotatable bonds is 3. The van der Waals surface area contributed by atoms with Crippen molar-refractivity contribution in [3.8, 4) is 0 Å². The number of aliphatic hydroxyl groups excluding tert-OH is 1. The maximum absolute atomic E-state index is 14.2. The van der Waals surface area contributed by atoms with Crippen LogP contribution in [-0.2, 0) is 16.1 Å². The highest BCUT2D eigenvalue weighted by molar-refractivity contribution is 5.79. The maximum atomic E-state index is 14.2. The Bertz CT molecular complexity index is 1170. The largest absolute Gasteiger partial charge is 0.460 e. The number of ether oxygens (including phenoxy) is 1. The van der Waals surface area contributed by atoms with Gasteiger partial charge in [0.1, 0.15) is 6.61 Å². The van der Waals surface area contributed by atoms with E-state index in [-0.39, 0.29) is 39.7 Å². The first kappa shape index (κ1) is 28.5. The van der Waals surface area contributed by atoms with Gasteiger partial charge < -0.3 is 9.84 Å². The highest BCUT2D eigenvalue weighted by atomic mass is 16.5. The van der Waals surface area contributed by atoms with Gasteiger partial charge in [-0.15, -0.1) is 0 Å². The summed E-state index contributed by atoms with van der Waals surface area (Å²) in [6.45, 7) is 17.7. The van der Waals surface area contributed by atoms with Crippen molar-refractivity contribution in [3.63, 3.8) is 0 Å². The summed E-state index contributed by atoms with van der Waals surface area (Å²) in [5.74, 6) is 2.60. The molecular formula is C37H54O3. The second kappa shape index (κ2) is 9.45. The van der Waals surface area contributed by atoms with Crippen LogP contribution in [0.4, 0.5) is 0 Å². The summed E-state index contributed by atoms with van der Waals surface area (Å²) < 4.78 is 6.18. The van der Waals surface area contributed by atoms with Crippen molar-refractivity contribution in [2.75, 3.05) is 0 Å². The number of aliphatic hydroxyl groups is 1. The van der Waals surface area contributed by atoms with Crippen LogP contribution < -0.4 is 0 Å². The van der Waals surface area contributed by atoms with E-state index in [1.54, 1.807) is 5.57 Å². The zero-order valence-corrected chi connectivity index (χ0v) is 26.3. The van der Waals surface area contributed by atoms with Gasteiger partial charge in [-0.2, -0.15) is 0 Å². The van der Waals surface area contributed by atoms with Crippen LogP contribution in [0.25, 0.3) is 0 Å². The first-order valence-corrected chi connectivity index (χ1v) is 16.4. The lowest BCUT2D eigenvalue weighted by molar-refractivity contribution is -0.203. The Hall–Kier alpha value is -1.61. The predicted molar refractivity (Wildman–Crippen MR) is 161 cm³/mol. The van der Waals surface area contributed by atoms with Gasteiger partial charge >= 0.3 is 5.97 Å². The Morgan fingerprint density at radius 1 is 0.925 bits per heavy atom. The van der Waals surface area contributed by atoms with Gasteiger partial charge in [0, 0.05) is 0 Å². The monoisotopic (exact) mass is 546 g/mol. The van der Waals surface area contributed by atoms with Gasteiger partial charge in [-0.1, -0.05) is 90.4 Å². The first-order chi connectivity index (χ1) is 18.8. The number of hydrogen-bond donors (Lipinski definition) is 1. The molecule has 1 N–H and O–H groups in total. The lowest BCUT2D eigenvalue weighted by Gasteiger charge is -2.71. The van der Waals surface area contributed by atoms with Crippen LogP contribution in [0.5, 0.6) is 0 Å². The number of benzene rings is 1. The molecule has 10 atom stereocenters. The standard InChI is InChI=1S/C37H54O3/c1-24-15-18-37(32(39)40-23-26-11-9-8-10-12-26)20-19-35(6)28(31(37)25(24)2)13-14-30-34(5)22-27(38)21-33(3,4)29(34)16-17-36(30,35)7/h8-13,24-25,27,29-31,38H,14-23H2,1-7H3/t24-,25+,27-,29?,30?,31?,34-,35+,36+,37-/m0/s1. The second-order valence-electron chi connectivity index (χ2n) is 16.4. The molecule has 1 aromatic rings. The van der Waals surface area contributed by atoms with Crippen LogP contribution in [0.15, 0.2) is 42.0 Å². The van der Waals surface area contributed by atoms with Gasteiger partial charge in [-0.05, 0) is 115 Å². The van der Waals surface area contributed by atoms with Crippen LogP contribution in [0.1, 0.15) is 112 Å². The van der Waals surface area contributed by atoms with E-state index in [9.17, 15) is 9.90 Å². The van der Waals surface area contributed by atoms with E-state index in [0.717, 1.165) is 50.5 Å². The summed E-state index contributed by atoms with van der Waals surface area (Å²) in [5.41, 5.74) is 2.83. The quantitative estimate of drug-likeness (QED) is 0.304. The van der Waals surface area contributed by atoms with Crippen molar-refractivity contribution >= 4 is 5.97 Å². The molecule has 1 aromatic carbocycles. The molecule has 3 unspecified atom stereocenters. The van der Waals surface area contributed by atoms with E-state index in [0.29, 0.717) is 30.3 Å². The van der Waals surface area contributed by atoms with E-state index in [1.165, 1.54) is 12.8 Å². The van der Waals surface area contributed by atoms with E-state index < -0.39 is 5.41 Å². The molecule has 0 bridgehead atoms. The van der Waals surface area contributed by atoms with Gasteiger partial charge in [0.2, 0.25) is 0 Å². The Labute approximate surface area is 243 Å². The van der Waals surface area contributed by atoms with E-state index in [2.05, 4.69) is 66.7 Å². The molecule has 0 heterocycles. The fourth-order valence-corrected chi connectivity index (χ4v) is 12.0. The Morgan fingerprint density at radius 3 is 2.38 bits per heavy atom. The minimum Gasteiger partial charge on any atom is -0.460 e. The molecule has 220 valence electrons. The number of allylic oxidation sites excluding steroid dienone is 2. The number of fused-ring (bicyclic) bond motifs is 7. The lowest BCUT2D eigenvalue weighted by Crippen LogP contribution is -2.65. The minimum atomic E-state index is -0.403. The fourth-order valence-electron chi connectivity index (χ4n) is 12.0. The molecule has 6 rings (SSSR count). The van der Waals surface area contributed by atoms with Crippen molar-refractivity contribution in [3.05, 3.63) is 47.5 Å². The molecule has 4 fully saturated rings. The molecule has 5 aliphatic rings. The molecule has 0 saturated heterocycles. The van der Waals surface area contributed by atoms with Gasteiger partial charge in [0.15, 0.2) is 0 Å². The molecule has 0 spiro atoms. The normalized spacial score (nSPS) is 47.5. The molecule has 5 aliphatic carbocycles. The molecule has 0 amide bonds. The van der Waals surface area contributed by atoms with Gasteiger partial charge in [-0.25, -0.2) is 0 Å². The second-order valence-corrected chi connectivity index (χ2v) is 16.4. The topological polar surface area (TPSA) is 46.5 Å². The van der Waals surface area contributed by atoms with Gasteiger partial charge in [0.05, 0.1) is 11.5 Å². The average Bonchev–Trinajstić information content (AvgIpc) is 2.89. The van der Waals surface area contributed by atoms with Crippen molar-refractivity contribution in [1.82, 2.24) is 0 Å². The fraction of sp³-hybridized carbons (Fsp3) is 0.757. The molecule has 3 nitrogen and oxygen atoms in total. The zero-order valence-electron chi connectivity index (χ0n) is 26.3. The van der Waals surface area contributed by atoms with Gasteiger partial charge in [-0.3, -0.25) is 4.79 Å². The SMILES string of the molecule is C[C@H]1CC[C@]2(C(=O)OCc3ccccc3)CC[C@]3(C)C(=CCC4[C@@]5(C)C[C@@H](O)CC(C)(C)C5CC[C@]43C)C2[C@@H]1C. The molecule has 0 radical (unpaired) electrons. The summed E-state index contributed by atoms with van der Waals surface area (Å²) in [7, 11) is 0. The van der Waals surface area contributed by atoms with Crippen molar-refractivity contribution in [2.24, 2.45) is 56.7 Å². The molecule has 40 heavy (non-hydrogen) atoms. The molecule has 0 aromatic heterocycles. The Morgan fingerprint density at radius 2 is 1.65 bits per heavy atom. The summed E-state index contributed by atoms with van der Waals surface area (Å²) in [6.07, 6.45) is 12.0. The predicted octanol–water partition coefficient (Wildman–Crippen LogP) is 8.75. The zero-order chi connectivity index (χ0) is 28.7. The average molecular weight is 547 g/mol. The first-order valence-electron chi connectivity index (χ1n) is 16.4. The summed E-state index contributed by atoms with van der Waals surface area (Å²) >= 11 is 0. The number of carbonyl (C=O) groups excluding carboxylic acids is 1. The van der Waals surface area contributed by atoms with Crippen LogP contribution >= 0.6 is 0 Å². The third-order valence-electron chi connectivity index (χ3n) is 14.3. The molecular weight excluding hydrogens is 492 g/mol. The molecule has 3 heteroatoms. The summed E-state index contributed by atoms with van der Waals surface area (Å²) in [4.78, 5) is 14.2. The number of hydrogen-bond acceptors (Lipinski definition) is 3. The van der Waals surface area contributed by atoms with Crippen LogP contribution in [0, 0.1) is 56.7 Å². The van der Waals surface area contributed by atoms with Crippen molar-refractivity contribution in [1.29, 1.82) is 0 Å². The Kier molecular flexibility index (Phi) is 6.73.